The summed E-state index contributed by atoms with van der Waals surface area (Å²) in [7, 11) is 0. The highest BCUT2D eigenvalue weighted by Crippen LogP contribution is 2.60. The molecule has 1 heterocycles. The Bertz CT molecular complexity index is 218. The van der Waals surface area contributed by atoms with E-state index in [1.54, 1.807) is 0 Å². The molecule has 0 bridgehead atoms. The summed E-state index contributed by atoms with van der Waals surface area (Å²) < 4.78 is 5.66. The van der Waals surface area contributed by atoms with Crippen molar-refractivity contribution >= 4 is 0 Å². The zero-order valence-electron chi connectivity index (χ0n) is 9.43. The summed E-state index contributed by atoms with van der Waals surface area (Å²) in [6, 6.07) is 0. The standard InChI is InChI=1S/C12H22N2O/c1-2-10(1)12(3-4-12)9-14-8-11-7-13-5-6-15-11/h10-11,13-14H,1-9H2. The molecule has 1 atom stereocenters. The van der Waals surface area contributed by atoms with Gasteiger partial charge >= 0.3 is 0 Å². The number of ether oxygens (including phenoxy) is 1. The van der Waals surface area contributed by atoms with Crippen LogP contribution < -0.4 is 10.6 Å². The van der Waals surface area contributed by atoms with Gasteiger partial charge in [-0.05, 0) is 37.0 Å². The molecule has 0 aromatic carbocycles. The molecular formula is C12H22N2O. The summed E-state index contributed by atoms with van der Waals surface area (Å²) in [5, 5.41) is 6.98. The largest absolute Gasteiger partial charge is 0.374 e. The van der Waals surface area contributed by atoms with Gasteiger partial charge in [-0.1, -0.05) is 0 Å². The second-order valence-electron chi connectivity index (χ2n) is 5.46. The fourth-order valence-electron chi connectivity index (χ4n) is 2.82. The molecule has 3 fully saturated rings. The average molecular weight is 210 g/mol. The minimum absolute atomic E-state index is 0.397. The van der Waals surface area contributed by atoms with E-state index in [2.05, 4.69) is 10.6 Å². The molecular weight excluding hydrogens is 188 g/mol. The number of hydrogen-bond donors (Lipinski definition) is 2. The average Bonchev–Trinajstić information content (AvgIpc) is 3.14. The van der Waals surface area contributed by atoms with Gasteiger partial charge in [0.2, 0.25) is 0 Å². The predicted octanol–water partition coefficient (Wildman–Crippen LogP) is 0.755. The third-order valence-corrected chi connectivity index (χ3v) is 4.19. The molecule has 3 rings (SSSR count). The molecule has 3 aliphatic rings. The van der Waals surface area contributed by atoms with Crippen molar-refractivity contribution in [3.63, 3.8) is 0 Å². The van der Waals surface area contributed by atoms with Crippen LogP contribution in [0.15, 0.2) is 0 Å². The van der Waals surface area contributed by atoms with E-state index in [-0.39, 0.29) is 0 Å². The number of hydrogen-bond acceptors (Lipinski definition) is 3. The molecule has 2 aliphatic carbocycles. The molecule has 0 aromatic rings. The first-order chi connectivity index (χ1) is 7.39. The van der Waals surface area contributed by atoms with Gasteiger partial charge in [-0.3, -0.25) is 0 Å². The zero-order valence-corrected chi connectivity index (χ0v) is 9.43. The third-order valence-electron chi connectivity index (χ3n) is 4.19. The molecule has 0 radical (unpaired) electrons. The highest BCUT2D eigenvalue weighted by atomic mass is 16.5. The van der Waals surface area contributed by atoms with Gasteiger partial charge in [0.25, 0.3) is 0 Å². The predicted molar refractivity (Wildman–Crippen MR) is 59.9 cm³/mol. The van der Waals surface area contributed by atoms with Gasteiger partial charge in [-0.2, -0.15) is 0 Å². The van der Waals surface area contributed by atoms with Crippen molar-refractivity contribution in [2.24, 2.45) is 11.3 Å². The fraction of sp³-hybridized carbons (Fsp3) is 1.00. The van der Waals surface area contributed by atoms with Crippen LogP contribution in [0.4, 0.5) is 0 Å². The first-order valence-corrected chi connectivity index (χ1v) is 6.42. The molecule has 2 N–H and O–H groups in total. The Morgan fingerprint density at radius 2 is 2.20 bits per heavy atom. The van der Waals surface area contributed by atoms with Crippen molar-refractivity contribution in [3.05, 3.63) is 0 Å². The molecule has 86 valence electrons. The fourth-order valence-corrected chi connectivity index (χ4v) is 2.82. The van der Waals surface area contributed by atoms with E-state index in [9.17, 15) is 0 Å². The van der Waals surface area contributed by atoms with Crippen LogP contribution >= 0.6 is 0 Å². The van der Waals surface area contributed by atoms with Gasteiger partial charge in [0, 0.05) is 26.2 Å². The first-order valence-electron chi connectivity index (χ1n) is 6.42. The summed E-state index contributed by atoms with van der Waals surface area (Å²) in [5.41, 5.74) is 0.724. The summed E-state index contributed by atoms with van der Waals surface area (Å²) in [4.78, 5) is 0. The van der Waals surface area contributed by atoms with E-state index < -0.39 is 0 Å². The smallest absolute Gasteiger partial charge is 0.0824 e. The second kappa shape index (κ2) is 4.04. The van der Waals surface area contributed by atoms with Crippen LogP contribution in [-0.2, 0) is 4.74 Å². The topological polar surface area (TPSA) is 33.3 Å². The van der Waals surface area contributed by atoms with E-state index in [0.29, 0.717) is 6.10 Å². The Kier molecular flexibility index (Phi) is 2.71. The number of nitrogens with one attached hydrogen (secondary N) is 2. The summed E-state index contributed by atoms with van der Waals surface area (Å²) in [6.45, 7) is 5.17. The van der Waals surface area contributed by atoms with Gasteiger partial charge in [0.1, 0.15) is 0 Å². The van der Waals surface area contributed by atoms with Crippen LogP contribution in [0.5, 0.6) is 0 Å². The number of morpholine rings is 1. The third kappa shape index (κ3) is 2.35. The Hall–Kier alpha value is -0.120. The minimum Gasteiger partial charge on any atom is -0.374 e. The molecule has 15 heavy (non-hydrogen) atoms. The lowest BCUT2D eigenvalue weighted by Crippen LogP contribution is -2.45. The lowest BCUT2D eigenvalue weighted by molar-refractivity contribution is 0.0284. The maximum Gasteiger partial charge on any atom is 0.0824 e. The van der Waals surface area contributed by atoms with Gasteiger partial charge in [-0.15, -0.1) is 0 Å². The maximum atomic E-state index is 5.66. The Labute approximate surface area is 91.9 Å². The van der Waals surface area contributed by atoms with Crippen LogP contribution in [0.1, 0.15) is 25.7 Å². The van der Waals surface area contributed by atoms with Crippen molar-refractivity contribution < 1.29 is 4.74 Å². The lowest BCUT2D eigenvalue weighted by atomic mass is 10.0. The van der Waals surface area contributed by atoms with Gasteiger partial charge in [-0.25, -0.2) is 0 Å². The molecule has 0 aromatic heterocycles. The van der Waals surface area contributed by atoms with Crippen molar-refractivity contribution in [2.45, 2.75) is 31.8 Å². The van der Waals surface area contributed by atoms with Gasteiger partial charge < -0.3 is 15.4 Å². The Morgan fingerprint density at radius 1 is 1.33 bits per heavy atom. The zero-order chi connectivity index (χ0) is 10.1. The molecule has 1 unspecified atom stereocenters. The van der Waals surface area contributed by atoms with Crippen molar-refractivity contribution in [3.8, 4) is 0 Å². The normalized spacial score (nSPS) is 34.0. The van der Waals surface area contributed by atoms with E-state index in [1.165, 1.54) is 32.2 Å². The quantitative estimate of drug-likeness (QED) is 0.703. The van der Waals surface area contributed by atoms with E-state index in [1.807, 2.05) is 0 Å². The van der Waals surface area contributed by atoms with Crippen LogP contribution in [0.3, 0.4) is 0 Å². The molecule has 3 nitrogen and oxygen atoms in total. The molecule has 1 saturated heterocycles. The first kappa shape index (κ1) is 10.1. The van der Waals surface area contributed by atoms with Crippen LogP contribution in [0, 0.1) is 11.3 Å². The van der Waals surface area contributed by atoms with Crippen LogP contribution in [0.25, 0.3) is 0 Å². The molecule has 3 heteroatoms. The molecule has 1 aliphatic heterocycles. The molecule has 0 spiro atoms. The van der Waals surface area contributed by atoms with E-state index in [4.69, 9.17) is 4.74 Å². The van der Waals surface area contributed by atoms with Crippen molar-refractivity contribution in [1.82, 2.24) is 10.6 Å². The Morgan fingerprint density at radius 3 is 2.80 bits per heavy atom. The summed E-state index contributed by atoms with van der Waals surface area (Å²) in [6.07, 6.45) is 6.31. The summed E-state index contributed by atoms with van der Waals surface area (Å²) >= 11 is 0. The van der Waals surface area contributed by atoms with Gasteiger partial charge in [0.05, 0.1) is 12.7 Å². The van der Waals surface area contributed by atoms with Gasteiger partial charge in [0.15, 0.2) is 0 Å². The SMILES string of the molecule is C1COC(CNCC2(C3CC3)CC2)CN1. The maximum absolute atomic E-state index is 5.66. The van der Waals surface area contributed by atoms with E-state index >= 15 is 0 Å². The van der Waals surface area contributed by atoms with Crippen LogP contribution in [-0.4, -0.2) is 38.9 Å². The highest BCUT2D eigenvalue weighted by molar-refractivity contribution is 5.05. The Balaban J connectivity index is 1.35. The van der Waals surface area contributed by atoms with Crippen LogP contribution in [0.2, 0.25) is 0 Å². The van der Waals surface area contributed by atoms with E-state index in [0.717, 1.165) is 37.6 Å². The monoisotopic (exact) mass is 210 g/mol. The van der Waals surface area contributed by atoms with Crippen molar-refractivity contribution in [2.75, 3.05) is 32.8 Å². The summed E-state index contributed by atoms with van der Waals surface area (Å²) in [5.74, 6) is 1.07. The molecule has 2 saturated carbocycles. The lowest BCUT2D eigenvalue weighted by Gasteiger charge is -2.25. The number of rotatable bonds is 5. The molecule has 0 amide bonds. The second-order valence-corrected chi connectivity index (χ2v) is 5.46. The highest BCUT2D eigenvalue weighted by Gasteiger charge is 2.53. The minimum atomic E-state index is 0.397. The van der Waals surface area contributed by atoms with Crippen molar-refractivity contribution in [1.29, 1.82) is 0 Å².